The van der Waals surface area contributed by atoms with Crippen molar-refractivity contribution in [3.63, 3.8) is 0 Å². The van der Waals surface area contributed by atoms with Crippen LogP contribution in [0.1, 0.15) is 27.7 Å². The first kappa shape index (κ1) is 14.9. The monoisotopic (exact) mass is 256 g/mol. The van der Waals surface area contributed by atoms with Gasteiger partial charge in [-0.25, -0.2) is 4.79 Å². The van der Waals surface area contributed by atoms with E-state index in [9.17, 15) is 9.36 Å². The molecule has 0 saturated heterocycles. The van der Waals surface area contributed by atoms with Gasteiger partial charge in [0.15, 0.2) is 5.12 Å². The quantitative estimate of drug-likeness (QED) is 0.431. The molecule has 15 heavy (non-hydrogen) atoms. The second-order valence-corrected chi connectivity index (χ2v) is 6.60. The van der Waals surface area contributed by atoms with Gasteiger partial charge in [0.05, 0.1) is 6.35 Å². The minimum atomic E-state index is -2.28. The number of alkyl halides is 1. The van der Waals surface area contributed by atoms with Crippen LogP contribution < -0.4 is 0 Å². The van der Waals surface area contributed by atoms with Crippen LogP contribution in [0.15, 0.2) is 0 Å². The molecule has 0 saturated carbocycles. The average molecular weight is 257 g/mol. The summed E-state index contributed by atoms with van der Waals surface area (Å²) in [6, 6.07) is 0. The van der Waals surface area contributed by atoms with Crippen molar-refractivity contribution in [2.24, 2.45) is 0 Å². The molecule has 0 amide bonds. The maximum atomic E-state index is 11.5. The molecule has 0 bridgehead atoms. The number of carbonyl (C=O) groups is 1. The molecule has 0 aliphatic heterocycles. The lowest BCUT2D eigenvalue weighted by Gasteiger charge is -2.21. The molecule has 0 heterocycles. The number of hydrogen-bond acceptors (Lipinski definition) is 4. The topological polar surface area (TPSA) is 52.6 Å². The molecule has 0 aromatic carbocycles. The van der Waals surface area contributed by atoms with E-state index in [1.165, 1.54) is 0 Å². The van der Waals surface area contributed by atoms with Gasteiger partial charge < -0.3 is 14.0 Å². The van der Waals surface area contributed by atoms with Gasteiger partial charge in [-0.2, -0.15) is 0 Å². The van der Waals surface area contributed by atoms with E-state index in [0.717, 1.165) is 0 Å². The molecule has 0 rings (SSSR count). The van der Waals surface area contributed by atoms with E-state index < -0.39 is 24.5 Å². The molecular formula is C9H18ClO4P. The molecule has 0 radical (unpaired) electrons. The summed E-state index contributed by atoms with van der Waals surface area (Å²) in [7, 11) is -2.28. The van der Waals surface area contributed by atoms with E-state index in [4.69, 9.17) is 21.1 Å². The number of carbonyl (C=O) groups excluding carboxylic acids is 1. The van der Waals surface area contributed by atoms with Crippen LogP contribution in [0, 0.1) is 0 Å². The molecule has 0 aliphatic rings. The number of esters is 1. The highest BCUT2D eigenvalue weighted by Gasteiger charge is 2.27. The van der Waals surface area contributed by atoms with Gasteiger partial charge in [-0.1, -0.05) is 0 Å². The summed E-state index contributed by atoms with van der Waals surface area (Å²) in [6.45, 7) is 7.43. The largest absolute Gasteiger partial charge is 0.459 e. The Kier molecular flexibility index (Phi) is 6.49. The minimum Gasteiger partial charge on any atom is -0.459 e. The SMILES string of the molecule is CCOC[PH](=O)C(Cl)C(=O)OC(C)(C)C. The zero-order valence-corrected chi connectivity index (χ0v) is 11.3. The first-order valence-electron chi connectivity index (χ1n) is 4.75. The van der Waals surface area contributed by atoms with Crippen LogP contribution >= 0.6 is 19.4 Å². The van der Waals surface area contributed by atoms with Crippen molar-refractivity contribution in [2.75, 3.05) is 13.0 Å². The van der Waals surface area contributed by atoms with Gasteiger partial charge in [-0.3, -0.25) is 0 Å². The molecule has 0 aromatic heterocycles. The third-order valence-corrected chi connectivity index (χ3v) is 3.54. The molecule has 2 atom stereocenters. The summed E-state index contributed by atoms with van der Waals surface area (Å²) in [5, 5.41) is -1.10. The number of ether oxygens (including phenoxy) is 2. The van der Waals surface area contributed by atoms with Crippen molar-refractivity contribution < 1.29 is 18.8 Å². The van der Waals surface area contributed by atoms with Crippen LogP contribution in [0.2, 0.25) is 0 Å². The van der Waals surface area contributed by atoms with Gasteiger partial charge in [0, 0.05) is 6.61 Å². The molecule has 0 N–H and O–H groups in total. The third kappa shape index (κ3) is 6.93. The summed E-state index contributed by atoms with van der Waals surface area (Å²) in [5.41, 5.74) is -0.613. The maximum absolute atomic E-state index is 11.5. The van der Waals surface area contributed by atoms with Gasteiger partial charge in [-0.05, 0) is 27.7 Å². The second kappa shape index (κ2) is 6.51. The van der Waals surface area contributed by atoms with Crippen LogP contribution in [0.25, 0.3) is 0 Å². The van der Waals surface area contributed by atoms with Crippen LogP contribution in [0.3, 0.4) is 0 Å². The zero-order chi connectivity index (χ0) is 12.1. The second-order valence-electron chi connectivity index (χ2n) is 4.00. The van der Waals surface area contributed by atoms with Crippen molar-refractivity contribution in [1.29, 1.82) is 0 Å². The van der Waals surface area contributed by atoms with Crippen LogP contribution in [-0.2, 0) is 18.8 Å². The predicted octanol–water partition coefficient (Wildman–Crippen LogP) is 2.45. The van der Waals surface area contributed by atoms with E-state index >= 15 is 0 Å². The highest BCUT2D eigenvalue weighted by atomic mass is 35.5. The fourth-order valence-electron chi connectivity index (χ4n) is 0.761. The standard InChI is InChI=1S/C9H18ClO4P/c1-5-13-6-15(12)7(10)8(11)14-9(2,3)4/h7,15H,5-6H2,1-4H3. The fraction of sp³-hybridized carbons (Fsp3) is 0.889. The average Bonchev–Trinajstić information content (AvgIpc) is 2.10. The zero-order valence-electron chi connectivity index (χ0n) is 9.50. The van der Waals surface area contributed by atoms with Gasteiger partial charge in [0.1, 0.15) is 13.4 Å². The molecular weight excluding hydrogens is 239 g/mol. The van der Waals surface area contributed by atoms with Gasteiger partial charge >= 0.3 is 5.97 Å². The Morgan fingerprint density at radius 1 is 1.47 bits per heavy atom. The smallest absolute Gasteiger partial charge is 0.332 e. The summed E-state index contributed by atoms with van der Waals surface area (Å²) in [6.07, 6.45) is 0.0224. The minimum absolute atomic E-state index is 0.0224. The molecule has 2 unspecified atom stereocenters. The summed E-state index contributed by atoms with van der Waals surface area (Å²) in [4.78, 5) is 11.4. The number of hydrogen-bond donors (Lipinski definition) is 0. The lowest BCUT2D eigenvalue weighted by molar-refractivity contribution is -0.152. The van der Waals surface area contributed by atoms with Crippen LogP contribution in [0.5, 0.6) is 0 Å². The van der Waals surface area contributed by atoms with E-state index in [0.29, 0.717) is 6.61 Å². The molecule has 4 nitrogen and oxygen atoms in total. The van der Waals surface area contributed by atoms with Crippen LogP contribution in [0.4, 0.5) is 0 Å². The number of rotatable bonds is 5. The first-order valence-corrected chi connectivity index (χ1v) is 6.88. The third-order valence-electron chi connectivity index (χ3n) is 1.34. The van der Waals surface area contributed by atoms with Gasteiger partial charge in [0.2, 0.25) is 0 Å². The Bertz CT molecular complexity index is 237. The van der Waals surface area contributed by atoms with Crippen LogP contribution in [-0.4, -0.2) is 29.6 Å². The highest BCUT2D eigenvalue weighted by molar-refractivity contribution is 7.48. The maximum Gasteiger partial charge on any atom is 0.332 e. The molecule has 0 fully saturated rings. The van der Waals surface area contributed by atoms with E-state index in [1.807, 2.05) is 0 Å². The number of halogens is 1. The summed E-state index contributed by atoms with van der Waals surface area (Å²) < 4.78 is 21.4. The van der Waals surface area contributed by atoms with Gasteiger partial charge in [0.25, 0.3) is 0 Å². The Balaban J connectivity index is 4.14. The molecule has 0 spiro atoms. The Morgan fingerprint density at radius 2 is 2.00 bits per heavy atom. The molecule has 0 aromatic rings. The Morgan fingerprint density at radius 3 is 2.40 bits per heavy atom. The fourth-order valence-corrected chi connectivity index (χ4v) is 1.87. The summed E-state index contributed by atoms with van der Waals surface area (Å²) in [5.74, 6) is -0.646. The molecule has 0 aliphatic carbocycles. The lowest BCUT2D eigenvalue weighted by atomic mass is 10.2. The lowest BCUT2D eigenvalue weighted by Crippen LogP contribution is -2.28. The van der Waals surface area contributed by atoms with Crippen molar-refractivity contribution in [1.82, 2.24) is 0 Å². The molecule has 90 valence electrons. The Hall–Kier alpha value is -0.0500. The molecule has 6 heteroatoms. The first-order chi connectivity index (χ1) is 6.78. The van der Waals surface area contributed by atoms with E-state index in [-0.39, 0.29) is 6.35 Å². The van der Waals surface area contributed by atoms with Crippen molar-refractivity contribution in [3.05, 3.63) is 0 Å². The normalized spacial score (nSPS) is 15.8. The van der Waals surface area contributed by atoms with Crippen molar-refractivity contribution >= 4 is 25.4 Å². The predicted molar refractivity (Wildman–Crippen MR) is 61.0 cm³/mol. The van der Waals surface area contributed by atoms with E-state index in [1.54, 1.807) is 27.7 Å². The van der Waals surface area contributed by atoms with Crippen molar-refractivity contribution in [3.8, 4) is 0 Å². The van der Waals surface area contributed by atoms with Gasteiger partial charge in [-0.15, -0.1) is 11.6 Å². The van der Waals surface area contributed by atoms with E-state index in [2.05, 4.69) is 0 Å². The highest BCUT2D eigenvalue weighted by Crippen LogP contribution is 2.32. The van der Waals surface area contributed by atoms with Crippen molar-refractivity contribution in [2.45, 2.75) is 38.4 Å². The Labute approximate surface area is 96.1 Å². The summed E-state index contributed by atoms with van der Waals surface area (Å²) >= 11 is 5.70.